The van der Waals surface area contributed by atoms with Gasteiger partial charge in [0, 0.05) is 29.4 Å². The number of H-pyrrole nitrogens is 2. The molecule has 4 aromatic heterocycles. The van der Waals surface area contributed by atoms with Gasteiger partial charge >= 0.3 is 5.97 Å². The number of rotatable bonds is 11. The van der Waals surface area contributed by atoms with E-state index < -0.39 is 23.0 Å². The summed E-state index contributed by atoms with van der Waals surface area (Å²) in [4.78, 5) is 63.2. The van der Waals surface area contributed by atoms with E-state index in [0.29, 0.717) is 61.3 Å². The second-order valence-corrected chi connectivity index (χ2v) is 22.2. The van der Waals surface area contributed by atoms with Gasteiger partial charge in [0.1, 0.15) is 41.8 Å². The summed E-state index contributed by atoms with van der Waals surface area (Å²) < 4.78 is 18.6. The molecular weight excluding hydrogens is 1120 g/mol. The number of aromatic hydroxyl groups is 1. The number of nitrogens with one attached hydrogen (secondary N) is 2. The number of fused-ring (bicyclic) bond motifs is 2. The predicted molar refractivity (Wildman–Crippen MR) is 328 cm³/mol. The molecule has 80 heavy (non-hydrogen) atoms. The van der Waals surface area contributed by atoms with E-state index in [9.17, 15) is 24.3 Å². The van der Waals surface area contributed by atoms with Crippen LogP contribution in [-0.4, -0.2) is 41.6 Å². The molecule has 3 N–H and O–H groups in total. The summed E-state index contributed by atoms with van der Waals surface area (Å²) in [6.07, 6.45) is 3.13. The molecule has 0 radical (unpaired) electrons. The molecule has 0 amide bonds. The summed E-state index contributed by atoms with van der Waals surface area (Å²) in [5, 5.41) is 12.7. The first-order valence-corrected chi connectivity index (χ1v) is 28.0. The lowest BCUT2D eigenvalue weighted by Gasteiger charge is -2.22. The van der Waals surface area contributed by atoms with E-state index >= 15 is 0 Å². The highest BCUT2D eigenvalue weighted by Gasteiger charge is 2.27. The number of aromatic amines is 2. The van der Waals surface area contributed by atoms with Gasteiger partial charge in [-0.3, -0.25) is 19.2 Å². The largest absolute Gasteiger partial charge is 0.506 e. The molecule has 0 saturated carbocycles. The van der Waals surface area contributed by atoms with Crippen molar-refractivity contribution < 1.29 is 28.9 Å². The molecule has 0 unspecified atom stereocenters. The molecule has 0 fully saturated rings. The minimum absolute atomic E-state index is 0.0216. The van der Waals surface area contributed by atoms with Crippen LogP contribution in [0.1, 0.15) is 106 Å². The zero-order valence-electron chi connectivity index (χ0n) is 48.1. The van der Waals surface area contributed by atoms with Crippen molar-refractivity contribution in [2.75, 3.05) is 5.34 Å². The Labute approximate surface area is 493 Å². The number of aromatic nitrogens is 4. The molecule has 4 aromatic carbocycles. The first kappa shape index (κ1) is 64.4. The number of pyridine rings is 4. The smallest absolute Gasteiger partial charge is 0.313 e. The molecule has 424 valence electrons. The van der Waals surface area contributed by atoms with E-state index in [1.165, 1.54) is 44.5 Å². The number of benzene rings is 4. The standard InChI is InChI=1S/C31H33ClN2O4.C27H27ClN2O3.C4H7ClO.CH2Cl2/c1-15(2)31(36)38-27-22-10-9-13-33-29(22)34-30(35)26(27)25-16(3)11-12-24(32)28(25)37-14-23-20(7)18(5)17(4)19(6)21(23)8;1-13-9-10-21(28)25(33-12-20-17(5)15(3)14(2)16(4)18(20)6)22(13)23-24(31)19-8-7-11-29-26(19)30-27(23)32;1-3(2)4(5)6;2-1-3/h9-13,15H,14H2,1-8H3,(H,33,34,35);7-11H,12H2,1-6H3,(H2,29,30,31,32);3H,1-2H3;1H2. The van der Waals surface area contributed by atoms with Gasteiger partial charge in [-0.15, -0.1) is 23.2 Å². The third-order valence-electron chi connectivity index (χ3n) is 14.8. The predicted octanol–water partition coefficient (Wildman–Crippen LogP) is 16.4. The second kappa shape index (κ2) is 27.8. The van der Waals surface area contributed by atoms with Gasteiger partial charge in [-0.1, -0.05) is 63.0 Å². The molecule has 0 aliphatic heterocycles. The van der Waals surface area contributed by atoms with Crippen LogP contribution in [0.25, 0.3) is 44.3 Å². The SMILES string of the molecule is CC(C)C(=O)Cl.Cc1ccc(Cl)c(OCc2c(C)c(C)c(C)c(C)c2C)c1-c1c(O)c2cccnc2[nH]c1=O.Cc1ccc(Cl)c(OCc2c(C)c(C)c(C)c(C)c2C)c1-c1c(OC(=O)C(C)C)c2cccnc2[nH]c1=O.ClCCl. The number of esters is 1. The number of alkyl halides is 2. The molecular formula is C63H69Cl5N4O8. The lowest BCUT2D eigenvalue weighted by Crippen LogP contribution is -2.20. The van der Waals surface area contributed by atoms with Gasteiger partial charge in [0.25, 0.3) is 11.1 Å². The van der Waals surface area contributed by atoms with Crippen LogP contribution in [0, 0.1) is 94.9 Å². The molecule has 17 heteroatoms. The Kier molecular flexibility index (Phi) is 22.4. The van der Waals surface area contributed by atoms with Gasteiger partial charge in [-0.05, 0) is 209 Å². The summed E-state index contributed by atoms with van der Waals surface area (Å²) in [6.45, 7) is 32.4. The number of nitrogens with zero attached hydrogens (tertiary/aromatic N) is 2. The van der Waals surface area contributed by atoms with Crippen LogP contribution >= 0.6 is 58.0 Å². The van der Waals surface area contributed by atoms with Crippen molar-refractivity contribution in [2.24, 2.45) is 11.8 Å². The third-order valence-corrected chi connectivity index (χ3v) is 15.8. The van der Waals surface area contributed by atoms with Crippen molar-refractivity contribution in [3.05, 3.63) is 170 Å². The van der Waals surface area contributed by atoms with E-state index in [2.05, 4.69) is 89.2 Å². The Hall–Kier alpha value is -6.41. The van der Waals surface area contributed by atoms with Crippen LogP contribution < -0.4 is 25.3 Å². The van der Waals surface area contributed by atoms with Crippen molar-refractivity contribution >= 4 is 91.3 Å². The van der Waals surface area contributed by atoms with Crippen LogP contribution in [0.15, 0.2) is 70.5 Å². The molecule has 12 nitrogen and oxygen atoms in total. The fourth-order valence-corrected chi connectivity index (χ4v) is 9.50. The summed E-state index contributed by atoms with van der Waals surface area (Å²) >= 11 is 27.8. The van der Waals surface area contributed by atoms with Crippen molar-refractivity contribution in [3.8, 4) is 45.3 Å². The Morgan fingerprint density at radius 2 is 0.875 bits per heavy atom. The third kappa shape index (κ3) is 14.0. The van der Waals surface area contributed by atoms with Crippen LogP contribution in [0.2, 0.25) is 10.0 Å². The van der Waals surface area contributed by atoms with E-state index in [0.717, 1.165) is 33.4 Å². The first-order chi connectivity index (χ1) is 37.6. The molecule has 0 aliphatic carbocycles. The number of carbonyl (C=O) groups excluding carboxylic acids is 2. The molecule has 4 heterocycles. The Bertz CT molecular complexity index is 3720. The van der Waals surface area contributed by atoms with Crippen molar-refractivity contribution in [3.63, 3.8) is 0 Å². The summed E-state index contributed by atoms with van der Waals surface area (Å²) in [5.74, 6) is -0.157. The number of aryl methyl sites for hydroxylation is 2. The number of carbonyl (C=O) groups is 2. The average molecular weight is 1190 g/mol. The van der Waals surface area contributed by atoms with Gasteiger partial charge in [0.2, 0.25) is 5.24 Å². The molecule has 0 saturated heterocycles. The highest BCUT2D eigenvalue weighted by Crippen LogP contribution is 2.45. The zero-order valence-corrected chi connectivity index (χ0v) is 51.9. The number of hydrogen-bond donors (Lipinski definition) is 3. The molecule has 0 bridgehead atoms. The topological polar surface area (TPSA) is 174 Å². The fourth-order valence-electron chi connectivity index (χ4n) is 9.08. The van der Waals surface area contributed by atoms with Crippen LogP contribution in [0.5, 0.6) is 23.0 Å². The second-order valence-electron chi connectivity index (χ2n) is 20.2. The van der Waals surface area contributed by atoms with E-state index in [1.807, 2.05) is 26.0 Å². The molecule has 8 aromatic rings. The molecule has 8 rings (SSSR count). The Morgan fingerprint density at radius 1 is 0.525 bits per heavy atom. The first-order valence-electron chi connectivity index (χ1n) is 25.8. The highest BCUT2D eigenvalue weighted by molar-refractivity contribution is 6.63. The van der Waals surface area contributed by atoms with E-state index in [-0.39, 0.29) is 45.7 Å². The average Bonchev–Trinajstić information content (AvgIpc) is 3.52. The minimum atomic E-state index is -0.457. The normalized spacial score (nSPS) is 10.9. The van der Waals surface area contributed by atoms with Gasteiger partial charge < -0.3 is 29.3 Å². The maximum atomic E-state index is 13.5. The lowest BCUT2D eigenvalue weighted by atomic mass is 9.90. The quantitative estimate of drug-likeness (QED) is 0.0642. The maximum absolute atomic E-state index is 13.5. The number of ether oxygens (including phenoxy) is 3. The van der Waals surface area contributed by atoms with Gasteiger partial charge in [-0.2, -0.15) is 0 Å². The van der Waals surface area contributed by atoms with Gasteiger partial charge in [-0.25, -0.2) is 9.97 Å². The molecule has 0 spiro atoms. The number of halogens is 5. The molecule has 0 atom stereocenters. The summed E-state index contributed by atoms with van der Waals surface area (Å²) in [5.41, 5.74) is 16.9. The molecule has 0 aliphatic rings. The van der Waals surface area contributed by atoms with Crippen LogP contribution in [-0.2, 0) is 22.8 Å². The van der Waals surface area contributed by atoms with Crippen molar-refractivity contribution in [2.45, 2.75) is 124 Å². The van der Waals surface area contributed by atoms with Gasteiger partial charge in [0.05, 0.1) is 43.2 Å². The maximum Gasteiger partial charge on any atom is 0.313 e. The monoisotopic (exact) mass is 1180 g/mol. The highest BCUT2D eigenvalue weighted by atomic mass is 35.5. The Morgan fingerprint density at radius 3 is 1.26 bits per heavy atom. The number of hydrogen-bond acceptors (Lipinski definition) is 10. The zero-order chi connectivity index (χ0) is 59.8. The van der Waals surface area contributed by atoms with E-state index in [1.54, 1.807) is 76.5 Å². The minimum Gasteiger partial charge on any atom is -0.506 e. The van der Waals surface area contributed by atoms with Gasteiger partial charge in [0.15, 0.2) is 5.75 Å². The van der Waals surface area contributed by atoms with Crippen molar-refractivity contribution in [1.29, 1.82) is 0 Å². The van der Waals surface area contributed by atoms with Crippen LogP contribution in [0.4, 0.5) is 0 Å². The lowest BCUT2D eigenvalue weighted by molar-refractivity contribution is -0.137. The van der Waals surface area contributed by atoms with Crippen molar-refractivity contribution in [1.82, 2.24) is 19.9 Å². The van der Waals surface area contributed by atoms with E-state index in [4.69, 9.17) is 72.2 Å². The fraction of sp³-hybridized carbons (Fsp3) is 0.333. The summed E-state index contributed by atoms with van der Waals surface area (Å²) in [7, 11) is 0. The summed E-state index contributed by atoms with van der Waals surface area (Å²) in [6, 6.07) is 14.0. The Balaban J connectivity index is 0.000000257. The van der Waals surface area contributed by atoms with Crippen LogP contribution in [0.3, 0.4) is 0 Å².